The molecule has 3 atom stereocenters. The zero-order valence-corrected chi connectivity index (χ0v) is 21.0. The van der Waals surface area contributed by atoms with Crippen molar-refractivity contribution >= 4 is 17.7 Å². The summed E-state index contributed by atoms with van der Waals surface area (Å²) in [5.74, 6) is -3.61. The van der Waals surface area contributed by atoms with Gasteiger partial charge in [0.25, 0.3) is 0 Å². The van der Waals surface area contributed by atoms with Gasteiger partial charge in [0.15, 0.2) is 17.3 Å². The number of nitrogens with one attached hydrogen (secondary N) is 1. The minimum atomic E-state index is -0.989. The number of Topliss-reactive ketones (excluding diaryl/α,β-unsaturated/α-hetero) is 1. The summed E-state index contributed by atoms with van der Waals surface area (Å²) in [6, 6.07) is 4.65. The molecule has 0 saturated carbocycles. The van der Waals surface area contributed by atoms with Crippen LogP contribution in [0.25, 0.3) is 0 Å². The first-order valence-electron chi connectivity index (χ1n) is 11.6. The minimum absolute atomic E-state index is 0.00645. The van der Waals surface area contributed by atoms with E-state index in [1.54, 1.807) is 19.1 Å². The average molecular weight is 488 g/mol. The van der Waals surface area contributed by atoms with Crippen molar-refractivity contribution in [1.82, 2.24) is 5.32 Å². The van der Waals surface area contributed by atoms with E-state index in [-0.39, 0.29) is 42.3 Å². The Morgan fingerprint density at radius 1 is 1.20 bits per heavy atom. The van der Waals surface area contributed by atoms with Crippen LogP contribution in [0, 0.1) is 11.8 Å². The standard InChI is InChI=1S/C26H33NO8/c1-13(2)34-9-10-35-26(31)21-15(4)27-17-11-14(3)20(25(30)33-6)24(29)23(17)22(21)16-7-8-18(28)19(12-16)32-5/h7-8,12-14,20,22,27-28H,9-11H2,1-6H3/t14-,20-,22-/m0/s1. The predicted molar refractivity (Wildman–Crippen MR) is 127 cm³/mol. The number of phenols is 1. The Kier molecular flexibility index (Phi) is 8.22. The largest absolute Gasteiger partial charge is 0.504 e. The van der Waals surface area contributed by atoms with Crippen molar-refractivity contribution in [1.29, 1.82) is 0 Å². The van der Waals surface area contributed by atoms with Crippen molar-refractivity contribution in [2.24, 2.45) is 11.8 Å². The molecule has 2 N–H and O–H groups in total. The van der Waals surface area contributed by atoms with Crippen LogP contribution < -0.4 is 10.1 Å². The number of rotatable bonds is 8. The minimum Gasteiger partial charge on any atom is -0.504 e. The number of carbonyl (C=O) groups excluding carboxylic acids is 3. The predicted octanol–water partition coefficient (Wildman–Crippen LogP) is 2.98. The van der Waals surface area contributed by atoms with Crippen LogP contribution in [0.1, 0.15) is 45.6 Å². The smallest absolute Gasteiger partial charge is 0.336 e. The average Bonchev–Trinajstić information content (AvgIpc) is 2.80. The summed E-state index contributed by atoms with van der Waals surface area (Å²) in [5.41, 5.74) is 2.30. The van der Waals surface area contributed by atoms with E-state index in [4.69, 9.17) is 18.9 Å². The Balaban J connectivity index is 2.09. The van der Waals surface area contributed by atoms with Gasteiger partial charge >= 0.3 is 11.9 Å². The molecule has 1 aliphatic carbocycles. The lowest BCUT2D eigenvalue weighted by molar-refractivity contribution is -0.151. The molecule has 0 bridgehead atoms. The number of ketones is 1. The Labute approximate surface area is 205 Å². The second-order valence-electron chi connectivity index (χ2n) is 9.02. The maximum absolute atomic E-state index is 13.7. The maximum Gasteiger partial charge on any atom is 0.336 e. The number of phenolic OH excluding ortho intramolecular Hbond substituents is 1. The third-order valence-electron chi connectivity index (χ3n) is 6.27. The van der Waals surface area contributed by atoms with E-state index in [0.29, 0.717) is 29.0 Å². The number of esters is 2. The molecule has 1 aliphatic heterocycles. The quantitative estimate of drug-likeness (QED) is 0.324. The Morgan fingerprint density at radius 3 is 2.54 bits per heavy atom. The highest BCUT2D eigenvalue weighted by molar-refractivity contribution is 6.12. The van der Waals surface area contributed by atoms with E-state index >= 15 is 0 Å². The van der Waals surface area contributed by atoms with Crippen LogP contribution in [-0.4, -0.2) is 56.4 Å². The summed E-state index contributed by atoms with van der Waals surface area (Å²) in [6.45, 7) is 7.61. The summed E-state index contributed by atoms with van der Waals surface area (Å²) in [5, 5.41) is 13.3. The molecular weight excluding hydrogens is 454 g/mol. The molecule has 0 unspecified atom stereocenters. The molecule has 0 saturated heterocycles. The number of methoxy groups -OCH3 is 2. The van der Waals surface area contributed by atoms with Gasteiger partial charge in [-0.2, -0.15) is 0 Å². The van der Waals surface area contributed by atoms with Crippen molar-refractivity contribution in [2.45, 2.75) is 46.1 Å². The number of hydrogen-bond acceptors (Lipinski definition) is 9. The molecule has 1 aromatic carbocycles. The van der Waals surface area contributed by atoms with E-state index in [9.17, 15) is 19.5 Å². The SMILES string of the molecule is COC(=O)[C@@H]1C(=O)C2=C(C[C@@H]1C)NC(C)=C(C(=O)OCCOC(C)C)[C@@H]2c1ccc(O)c(OC)c1. The summed E-state index contributed by atoms with van der Waals surface area (Å²) >= 11 is 0. The molecule has 0 radical (unpaired) electrons. The van der Waals surface area contributed by atoms with E-state index in [2.05, 4.69) is 5.32 Å². The van der Waals surface area contributed by atoms with E-state index in [0.717, 1.165) is 0 Å². The number of aromatic hydroxyl groups is 1. The molecule has 1 heterocycles. The van der Waals surface area contributed by atoms with Gasteiger partial charge in [0.05, 0.1) is 32.5 Å². The van der Waals surface area contributed by atoms with Crippen LogP contribution in [0.15, 0.2) is 40.7 Å². The molecule has 35 heavy (non-hydrogen) atoms. The van der Waals surface area contributed by atoms with E-state index < -0.39 is 29.6 Å². The Morgan fingerprint density at radius 2 is 1.91 bits per heavy atom. The number of ether oxygens (including phenoxy) is 4. The van der Waals surface area contributed by atoms with E-state index in [1.807, 2.05) is 20.8 Å². The summed E-state index contributed by atoms with van der Waals surface area (Å²) in [4.78, 5) is 39.5. The third kappa shape index (κ3) is 5.35. The molecule has 3 rings (SSSR count). The highest BCUT2D eigenvalue weighted by Crippen LogP contribution is 2.46. The fraction of sp³-hybridized carbons (Fsp3) is 0.500. The monoisotopic (exact) mass is 487 g/mol. The second-order valence-corrected chi connectivity index (χ2v) is 9.02. The van der Waals surface area contributed by atoms with Gasteiger partial charge in [0.1, 0.15) is 12.5 Å². The van der Waals surface area contributed by atoms with Crippen LogP contribution in [0.2, 0.25) is 0 Å². The fourth-order valence-electron chi connectivity index (χ4n) is 4.65. The lowest BCUT2D eigenvalue weighted by Crippen LogP contribution is -2.43. The first-order chi connectivity index (χ1) is 16.6. The van der Waals surface area contributed by atoms with Crippen LogP contribution in [0.5, 0.6) is 11.5 Å². The highest BCUT2D eigenvalue weighted by atomic mass is 16.6. The molecule has 190 valence electrons. The summed E-state index contributed by atoms with van der Waals surface area (Å²) < 4.78 is 21.1. The van der Waals surface area contributed by atoms with Crippen molar-refractivity contribution in [3.05, 3.63) is 46.3 Å². The van der Waals surface area contributed by atoms with E-state index in [1.165, 1.54) is 20.3 Å². The van der Waals surface area contributed by atoms with Crippen LogP contribution in [0.4, 0.5) is 0 Å². The number of dihydropyridines is 1. The lowest BCUT2D eigenvalue weighted by Gasteiger charge is -2.38. The second kappa shape index (κ2) is 10.9. The first-order valence-corrected chi connectivity index (χ1v) is 11.6. The van der Waals surface area contributed by atoms with Gasteiger partial charge in [-0.3, -0.25) is 9.59 Å². The maximum atomic E-state index is 13.7. The molecule has 0 spiro atoms. The van der Waals surface area contributed by atoms with Crippen molar-refractivity contribution in [3.8, 4) is 11.5 Å². The van der Waals surface area contributed by atoms with Gasteiger partial charge in [-0.1, -0.05) is 13.0 Å². The zero-order valence-electron chi connectivity index (χ0n) is 21.0. The number of benzene rings is 1. The summed E-state index contributed by atoms with van der Waals surface area (Å²) in [6.07, 6.45) is 0.419. The van der Waals surface area contributed by atoms with Crippen molar-refractivity contribution in [2.75, 3.05) is 27.4 Å². The highest BCUT2D eigenvalue weighted by Gasteiger charge is 2.47. The van der Waals surface area contributed by atoms with Gasteiger partial charge < -0.3 is 29.4 Å². The Hall–Kier alpha value is -3.33. The van der Waals surface area contributed by atoms with Gasteiger partial charge in [-0.05, 0) is 50.8 Å². The molecule has 0 fully saturated rings. The molecule has 1 aromatic rings. The van der Waals surface area contributed by atoms with Crippen molar-refractivity contribution in [3.63, 3.8) is 0 Å². The number of hydrogen-bond donors (Lipinski definition) is 2. The number of allylic oxidation sites excluding steroid dienone is 3. The van der Waals surface area contributed by atoms with Gasteiger partial charge in [0, 0.05) is 22.9 Å². The lowest BCUT2D eigenvalue weighted by atomic mass is 9.69. The fourth-order valence-corrected chi connectivity index (χ4v) is 4.65. The number of carbonyl (C=O) groups is 3. The van der Waals surface area contributed by atoms with Gasteiger partial charge in [-0.25, -0.2) is 4.79 Å². The van der Waals surface area contributed by atoms with Crippen molar-refractivity contribution < 1.29 is 38.4 Å². The molecule has 0 amide bonds. The van der Waals surface area contributed by atoms with Gasteiger partial charge in [0.2, 0.25) is 0 Å². The molecule has 9 heteroatoms. The van der Waals surface area contributed by atoms with Crippen LogP contribution in [0.3, 0.4) is 0 Å². The Bertz CT molecular complexity index is 1070. The molecular formula is C26H33NO8. The van der Waals surface area contributed by atoms with Gasteiger partial charge in [-0.15, -0.1) is 0 Å². The van der Waals surface area contributed by atoms with Crippen LogP contribution in [-0.2, 0) is 28.6 Å². The molecule has 0 aromatic heterocycles. The third-order valence-corrected chi connectivity index (χ3v) is 6.27. The normalized spacial score (nSPS) is 22.0. The summed E-state index contributed by atoms with van der Waals surface area (Å²) in [7, 11) is 2.66. The first kappa shape index (κ1) is 26.3. The topological polar surface area (TPSA) is 120 Å². The zero-order chi connectivity index (χ0) is 25.9. The molecule has 9 nitrogen and oxygen atoms in total. The van der Waals surface area contributed by atoms with Crippen LogP contribution >= 0.6 is 0 Å². The molecule has 2 aliphatic rings.